The maximum atomic E-state index is 10.6. The van der Waals surface area contributed by atoms with Crippen LogP contribution < -0.4 is 5.76 Å². The van der Waals surface area contributed by atoms with E-state index in [2.05, 4.69) is 4.98 Å². The van der Waals surface area contributed by atoms with E-state index in [1.54, 1.807) is 12.1 Å². The predicted molar refractivity (Wildman–Crippen MR) is 48.2 cm³/mol. The van der Waals surface area contributed by atoms with Crippen LogP contribution in [-0.2, 0) is 0 Å². The van der Waals surface area contributed by atoms with Gasteiger partial charge in [-0.15, -0.1) is 0 Å². The summed E-state index contributed by atoms with van der Waals surface area (Å²) in [5.74, 6) is -0.402. The van der Waals surface area contributed by atoms with E-state index in [4.69, 9.17) is 4.42 Å². The summed E-state index contributed by atoms with van der Waals surface area (Å²) in [6, 6.07) is 7.19. The second-order valence-corrected chi connectivity index (χ2v) is 2.01. The zero-order valence-corrected chi connectivity index (χ0v) is 7.13. The first-order valence-electron chi connectivity index (χ1n) is 3.94. The Balaban J connectivity index is 0.000000336. The summed E-state index contributed by atoms with van der Waals surface area (Å²) in [4.78, 5) is 13.1. The van der Waals surface area contributed by atoms with Crippen molar-refractivity contribution in [1.29, 1.82) is 0 Å². The molecule has 0 fully saturated rings. The second-order valence-electron chi connectivity index (χ2n) is 2.01. The van der Waals surface area contributed by atoms with Gasteiger partial charge in [-0.05, 0) is 12.1 Å². The van der Waals surface area contributed by atoms with Crippen molar-refractivity contribution in [2.45, 2.75) is 13.8 Å². The lowest BCUT2D eigenvalue weighted by Crippen LogP contribution is -1.92. The molecule has 2 aromatic rings. The van der Waals surface area contributed by atoms with Gasteiger partial charge in [0.2, 0.25) is 0 Å². The third kappa shape index (κ3) is 1.56. The molecular formula is C9H11NO2. The van der Waals surface area contributed by atoms with E-state index in [0.717, 1.165) is 5.52 Å². The molecule has 0 amide bonds. The fourth-order valence-electron chi connectivity index (χ4n) is 0.894. The monoisotopic (exact) mass is 165 g/mol. The molecule has 0 bridgehead atoms. The van der Waals surface area contributed by atoms with Gasteiger partial charge in [-0.3, -0.25) is 4.98 Å². The highest BCUT2D eigenvalue weighted by Crippen LogP contribution is 2.06. The number of aromatic amines is 1. The van der Waals surface area contributed by atoms with Gasteiger partial charge in [-0.25, -0.2) is 4.79 Å². The van der Waals surface area contributed by atoms with Gasteiger partial charge in [0.15, 0.2) is 5.58 Å². The molecule has 0 saturated carbocycles. The van der Waals surface area contributed by atoms with E-state index < -0.39 is 5.76 Å². The van der Waals surface area contributed by atoms with Crippen LogP contribution in [0.25, 0.3) is 11.1 Å². The summed E-state index contributed by atoms with van der Waals surface area (Å²) in [7, 11) is 0. The average molecular weight is 165 g/mol. The van der Waals surface area contributed by atoms with Crippen LogP contribution in [0, 0.1) is 0 Å². The summed E-state index contributed by atoms with van der Waals surface area (Å²) in [6.45, 7) is 4.00. The molecule has 1 aromatic carbocycles. The van der Waals surface area contributed by atoms with Crippen molar-refractivity contribution in [3.8, 4) is 0 Å². The first-order chi connectivity index (χ1) is 5.86. The Labute approximate surface area is 70.0 Å². The van der Waals surface area contributed by atoms with Gasteiger partial charge in [0.05, 0.1) is 5.52 Å². The average Bonchev–Trinajstić information content (AvgIpc) is 2.48. The Morgan fingerprint density at radius 3 is 2.58 bits per heavy atom. The number of aromatic nitrogens is 1. The number of hydrogen-bond acceptors (Lipinski definition) is 2. The summed E-state index contributed by atoms with van der Waals surface area (Å²) >= 11 is 0. The highest BCUT2D eigenvalue weighted by Gasteiger charge is 1.95. The molecule has 0 radical (unpaired) electrons. The van der Waals surface area contributed by atoms with Crippen molar-refractivity contribution in [2.24, 2.45) is 0 Å². The SMILES string of the molecule is CC.O=c1[nH]c2ccccc2o1. The minimum Gasteiger partial charge on any atom is -0.408 e. The highest BCUT2D eigenvalue weighted by molar-refractivity contribution is 5.71. The molecule has 0 saturated heterocycles. The molecule has 3 nitrogen and oxygen atoms in total. The Bertz CT molecular complexity index is 364. The van der Waals surface area contributed by atoms with Crippen LogP contribution in [0.4, 0.5) is 0 Å². The third-order valence-electron chi connectivity index (χ3n) is 1.33. The minimum absolute atomic E-state index is 0.402. The number of para-hydroxylation sites is 2. The van der Waals surface area contributed by atoms with E-state index in [0.29, 0.717) is 5.58 Å². The van der Waals surface area contributed by atoms with Crippen LogP contribution in [0.2, 0.25) is 0 Å². The van der Waals surface area contributed by atoms with Crippen molar-refractivity contribution in [1.82, 2.24) is 4.98 Å². The standard InChI is InChI=1S/C7H5NO2.C2H6/c9-7-8-5-3-1-2-4-6(5)10-7;1-2/h1-4H,(H,8,9);1-2H3. The fourth-order valence-corrected chi connectivity index (χ4v) is 0.894. The lowest BCUT2D eigenvalue weighted by Gasteiger charge is -1.79. The molecule has 0 atom stereocenters. The largest absolute Gasteiger partial charge is 0.417 e. The highest BCUT2D eigenvalue weighted by atomic mass is 16.4. The molecule has 12 heavy (non-hydrogen) atoms. The Hall–Kier alpha value is -1.51. The van der Waals surface area contributed by atoms with Crippen molar-refractivity contribution in [3.63, 3.8) is 0 Å². The van der Waals surface area contributed by atoms with Crippen LogP contribution in [0.3, 0.4) is 0 Å². The molecule has 1 aromatic heterocycles. The quantitative estimate of drug-likeness (QED) is 0.650. The molecule has 3 heteroatoms. The third-order valence-corrected chi connectivity index (χ3v) is 1.33. The fraction of sp³-hybridized carbons (Fsp3) is 0.222. The van der Waals surface area contributed by atoms with Crippen LogP contribution >= 0.6 is 0 Å². The predicted octanol–water partition coefficient (Wildman–Crippen LogP) is 2.15. The molecular weight excluding hydrogens is 154 g/mol. The Morgan fingerprint density at radius 2 is 1.92 bits per heavy atom. The van der Waals surface area contributed by atoms with Crippen LogP contribution in [0.5, 0.6) is 0 Å². The number of H-pyrrole nitrogens is 1. The van der Waals surface area contributed by atoms with Crippen LogP contribution in [0.15, 0.2) is 33.5 Å². The van der Waals surface area contributed by atoms with Gasteiger partial charge in [0.1, 0.15) is 0 Å². The molecule has 2 rings (SSSR count). The molecule has 1 N–H and O–H groups in total. The van der Waals surface area contributed by atoms with Gasteiger partial charge in [0.25, 0.3) is 0 Å². The summed E-state index contributed by atoms with van der Waals surface area (Å²) in [5, 5.41) is 0. The normalized spacial score (nSPS) is 9.17. The van der Waals surface area contributed by atoms with Gasteiger partial charge >= 0.3 is 5.76 Å². The van der Waals surface area contributed by atoms with Gasteiger partial charge in [-0.2, -0.15) is 0 Å². The number of oxazole rings is 1. The van der Waals surface area contributed by atoms with Crippen molar-refractivity contribution in [3.05, 3.63) is 34.8 Å². The zero-order chi connectivity index (χ0) is 8.97. The number of nitrogens with one attached hydrogen (secondary N) is 1. The molecule has 0 spiro atoms. The number of benzene rings is 1. The number of rotatable bonds is 0. The van der Waals surface area contributed by atoms with E-state index >= 15 is 0 Å². The van der Waals surface area contributed by atoms with E-state index in [1.807, 2.05) is 26.0 Å². The van der Waals surface area contributed by atoms with Gasteiger partial charge < -0.3 is 4.42 Å². The lowest BCUT2D eigenvalue weighted by molar-refractivity contribution is 0.555. The molecule has 0 aliphatic carbocycles. The summed E-state index contributed by atoms with van der Waals surface area (Å²) in [6.07, 6.45) is 0. The van der Waals surface area contributed by atoms with Crippen LogP contribution in [0.1, 0.15) is 13.8 Å². The van der Waals surface area contributed by atoms with E-state index in [1.165, 1.54) is 0 Å². The van der Waals surface area contributed by atoms with Gasteiger partial charge in [-0.1, -0.05) is 26.0 Å². The van der Waals surface area contributed by atoms with Crippen molar-refractivity contribution in [2.75, 3.05) is 0 Å². The minimum atomic E-state index is -0.402. The van der Waals surface area contributed by atoms with E-state index in [9.17, 15) is 4.79 Å². The smallest absolute Gasteiger partial charge is 0.408 e. The topological polar surface area (TPSA) is 46.0 Å². The first-order valence-corrected chi connectivity index (χ1v) is 3.94. The molecule has 64 valence electrons. The van der Waals surface area contributed by atoms with Crippen molar-refractivity contribution >= 4 is 11.1 Å². The summed E-state index contributed by atoms with van der Waals surface area (Å²) < 4.78 is 4.76. The maximum Gasteiger partial charge on any atom is 0.417 e. The number of fused-ring (bicyclic) bond motifs is 1. The summed E-state index contributed by atoms with van der Waals surface area (Å²) in [5.41, 5.74) is 1.35. The lowest BCUT2D eigenvalue weighted by atomic mass is 10.3. The molecule has 1 heterocycles. The second kappa shape index (κ2) is 3.76. The maximum absolute atomic E-state index is 10.6. The Morgan fingerprint density at radius 1 is 1.25 bits per heavy atom. The molecule has 0 unspecified atom stereocenters. The van der Waals surface area contributed by atoms with Crippen molar-refractivity contribution < 1.29 is 4.42 Å². The molecule has 0 aliphatic rings. The molecule has 0 aliphatic heterocycles. The zero-order valence-electron chi connectivity index (χ0n) is 7.13. The van der Waals surface area contributed by atoms with Crippen LogP contribution in [-0.4, -0.2) is 4.98 Å². The Kier molecular flexibility index (Phi) is 2.69. The van der Waals surface area contributed by atoms with Gasteiger partial charge in [0, 0.05) is 0 Å². The van der Waals surface area contributed by atoms with E-state index in [-0.39, 0.29) is 0 Å². The first kappa shape index (κ1) is 8.59. The number of hydrogen-bond donors (Lipinski definition) is 1.